The normalized spacial score (nSPS) is 21.9. The van der Waals surface area contributed by atoms with Gasteiger partial charge in [-0.1, -0.05) is 17.6 Å². The summed E-state index contributed by atoms with van der Waals surface area (Å²) in [7, 11) is 0. The van der Waals surface area contributed by atoms with Gasteiger partial charge in [0, 0.05) is 25.3 Å². The Morgan fingerprint density at radius 3 is 2.67 bits per heavy atom. The van der Waals surface area contributed by atoms with Gasteiger partial charge in [0.1, 0.15) is 0 Å². The average molecular weight is 285 g/mol. The van der Waals surface area contributed by atoms with Crippen molar-refractivity contribution in [1.29, 1.82) is 0 Å². The van der Waals surface area contributed by atoms with E-state index in [1.807, 2.05) is 18.3 Å². The van der Waals surface area contributed by atoms with E-state index in [-0.39, 0.29) is 5.41 Å². The van der Waals surface area contributed by atoms with Gasteiger partial charge in [0.05, 0.1) is 11.1 Å². The molecule has 3 heterocycles. The van der Waals surface area contributed by atoms with Crippen LogP contribution in [0.15, 0.2) is 28.9 Å². The first-order valence-electron chi connectivity index (χ1n) is 7.72. The highest BCUT2D eigenvalue weighted by atomic mass is 16.5. The number of nitrogens with zero attached hydrogens (tertiary/aromatic N) is 3. The van der Waals surface area contributed by atoms with Gasteiger partial charge in [-0.2, -0.15) is 4.98 Å². The number of hydrogen-bond acceptors (Lipinski definition) is 5. The molecule has 0 amide bonds. The second kappa shape index (κ2) is 5.22. The summed E-state index contributed by atoms with van der Waals surface area (Å²) in [6.45, 7) is 1.42. The lowest BCUT2D eigenvalue weighted by Crippen LogP contribution is -2.37. The molecule has 5 heteroatoms. The highest BCUT2D eigenvalue weighted by Gasteiger charge is 2.42. The van der Waals surface area contributed by atoms with Crippen molar-refractivity contribution in [3.63, 3.8) is 0 Å². The van der Waals surface area contributed by atoms with Gasteiger partial charge in [0.2, 0.25) is 5.89 Å². The van der Waals surface area contributed by atoms with E-state index in [1.165, 1.54) is 19.3 Å². The summed E-state index contributed by atoms with van der Waals surface area (Å²) in [5.41, 5.74) is 0.764. The van der Waals surface area contributed by atoms with E-state index in [9.17, 15) is 0 Å². The summed E-state index contributed by atoms with van der Waals surface area (Å²) in [6, 6.07) is 6.02. The molecular weight excluding hydrogens is 266 g/mol. The number of pyridine rings is 1. The predicted molar refractivity (Wildman–Crippen MR) is 76.0 cm³/mol. The molecule has 0 radical (unpaired) electrons. The number of ether oxygens (including phenoxy) is 1. The molecule has 4 rings (SSSR count). The second-order valence-electron chi connectivity index (χ2n) is 5.99. The Kier molecular flexibility index (Phi) is 3.22. The van der Waals surface area contributed by atoms with Gasteiger partial charge in [0.15, 0.2) is 5.82 Å². The Balaban J connectivity index is 1.73. The maximum absolute atomic E-state index is 5.54. The molecule has 1 aliphatic heterocycles. The van der Waals surface area contributed by atoms with Gasteiger partial charge in [0.25, 0.3) is 0 Å². The highest BCUT2D eigenvalue weighted by Crippen LogP contribution is 2.41. The van der Waals surface area contributed by atoms with Crippen LogP contribution < -0.4 is 0 Å². The Morgan fingerprint density at radius 1 is 1.14 bits per heavy atom. The molecule has 0 unspecified atom stereocenters. The van der Waals surface area contributed by atoms with Gasteiger partial charge in [-0.15, -0.1) is 0 Å². The number of rotatable bonds is 3. The molecule has 0 N–H and O–H groups in total. The highest BCUT2D eigenvalue weighted by molar-refractivity contribution is 5.27. The SMILES string of the molecule is c1ccc(C2(c3noc(C4CCC4)n3)CCOCC2)nc1. The number of hydrogen-bond donors (Lipinski definition) is 0. The minimum absolute atomic E-state index is 0.259. The maximum Gasteiger partial charge on any atom is 0.229 e. The van der Waals surface area contributed by atoms with Crippen molar-refractivity contribution in [1.82, 2.24) is 15.1 Å². The van der Waals surface area contributed by atoms with Crippen LogP contribution in [0.25, 0.3) is 0 Å². The molecule has 1 aliphatic carbocycles. The summed E-state index contributed by atoms with van der Waals surface area (Å²) in [4.78, 5) is 9.29. The van der Waals surface area contributed by atoms with Crippen molar-refractivity contribution in [3.8, 4) is 0 Å². The van der Waals surface area contributed by atoms with Crippen LogP contribution >= 0.6 is 0 Å². The minimum Gasteiger partial charge on any atom is -0.381 e. The molecule has 1 saturated heterocycles. The summed E-state index contributed by atoms with van der Waals surface area (Å²) in [5.74, 6) is 2.05. The summed E-state index contributed by atoms with van der Waals surface area (Å²) >= 11 is 0. The van der Waals surface area contributed by atoms with Gasteiger partial charge < -0.3 is 9.26 Å². The quantitative estimate of drug-likeness (QED) is 0.867. The zero-order valence-corrected chi connectivity index (χ0v) is 12.0. The van der Waals surface area contributed by atoms with E-state index < -0.39 is 0 Å². The van der Waals surface area contributed by atoms with E-state index in [1.54, 1.807) is 0 Å². The van der Waals surface area contributed by atoms with Gasteiger partial charge in [-0.3, -0.25) is 4.98 Å². The van der Waals surface area contributed by atoms with E-state index in [0.29, 0.717) is 19.1 Å². The molecule has 2 fully saturated rings. The zero-order chi connectivity index (χ0) is 14.1. The summed E-state index contributed by atoms with van der Waals surface area (Å²) in [6.07, 6.45) is 7.14. The first-order valence-corrected chi connectivity index (χ1v) is 7.72. The van der Waals surface area contributed by atoms with Crippen LogP contribution in [0.4, 0.5) is 0 Å². The Morgan fingerprint density at radius 2 is 2.00 bits per heavy atom. The molecule has 21 heavy (non-hydrogen) atoms. The van der Waals surface area contributed by atoms with Gasteiger partial charge in [-0.25, -0.2) is 0 Å². The van der Waals surface area contributed by atoms with E-state index >= 15 is 0 Å². The molecule has 2 aromatic heterocycles. The molecule has 5 nitrogen and oxygen atoms in total. The van der Waals surface area contributed by atoms with Crippen LogP contribution in [0.2, 0.25) is 0 Å². The summed E-state index contributed by atoms with van der Waals surface area (Å²) in [5, 5.41) is 4.31. The molecule has 0 aromatic carbocycles. The van der Waals surface area contributed by atoms with Crippen molar-refractivity contribution in [2.24, 2.45) is 0 Å². The fourth-order valence-corrected chi connectivity index (χ4v) is 3.21. The fourth-order valence-electron chi connectivity index (χ4n) is 3.21. The second-order valence-corrected chi connectivity index (χ2v) is 5.99. The van der Waals surface area contributed by atoms with Crippen LogP contribution in [0.1, 0.15) is 55.4 Å². The molecule has 1 saturated carbocycles. The van der Waals surface area contributed by atoms with E-state index in [2.05, 4.69) is 16.2 Å². The largest absolute Gasteiger partial charge is 0.381 e. The lowest BCUT2D eigenvalue weighted by molar-refractivity contribution is 0.0584. The topological polar surface area (TPSA) is 61.0 Å². The molecule has 110 valence electrons. The maximum atomic E-state index is 5.54. The van der Waals surface area contributed by atoms with Gasteiger partial charge in [-0.05, 0) is 37.8 Å². The average Bonchev–Trinajstić information content (AvgIpc) is 2.97. The fraction of sp³-hybridized carbons (Fsp3) is 0.562. The zero-order valence-electron chi connectivity index (χ0n) is 12.0. The first kappa shape index (κ1) is 13.0. The van der Waals surface area contributed by atoms with Crippen molar-refractivity contribution >= 4 is 0 Å². The van der Waals surface area contributed by atoms with Crippen LogP contribution in [0.3, 0.4) is 0 Å². The number of aromatic nitrogens is 3. The smallest absolute Gasteiger partial charge is 0.229 e. The third kappa shape index (κ3) is 2.16. The van der Waals surface area contributed by atoms with Crippen LogP contribution in [0, 0.1) is 0 Å². The molecule has 0 spiro atoms. The molecule has 0 atom stereocenters. The van der Waals surface area contributed by atoms with Crippen molar-refractivity contribution < 1.29 is 9.26 Å². The Hall–Kier alpha value is -1.75. The third-order valence-electron chi connectivity index (χ3n) is 4.83. The van der Waals surface area contributed by atoms with E-state index in [0.717, 1.165) is 30.3 Å². The van der Waals surface area contributed by atoms with Crippen molar-refractivity contribution in [3.05, 3.63) is 41.8 Å². The molecule has 2 aliphatic rings. The van der Waals surface area contributed by atoms with E-state index in [4.69, 9.17) is 14.2 Å². The first-order chi connectivity index (χ1) is 10.4. The Labute approximate surface area is 123 Å². The monoisotopic (exact) mass is 285 g/mol. The third-order valence-corrected chi connectivity index (χ3v) is 4.83. The predicted octanol–water partition coefficient (Wildman–Crippen LogP) is 2.83. The van der Waals surface area contributed by atoms with Crippen LogP contribution in [-0.2, 0) is 10.2 Å². The molecule has 2 aromatic rings. The van der Waals surface area contributed by atoms with Crippen molar-refractivity contribution in [2.75, 3.05) is 13.2 Å². The molecular formula is C16H19N3O2. The molecule has 0 bridgehead atoms. The van der Waals surface area contributed by atoms with Gasteiger partial charge >= 0.3 is 0 Å². The minimum atomic E-state index is -0.259. The van der Waals surface area contributed by atoms with Crippen molar-refractivity contribution in [2.45, 2.75) is 43.4 Å². The lowest BCUT2D eigenvalue weighted by Gasteiger charge is -2.33. The van der Waals surface area contributed by atoms with Crippen LogP contribution in [0.5, 0.6) is 0 Å². The lowest BCUT2D eigenvalue weighted by atomic mass is 9.76. The standard InChI is InChI=1S/C16H19N3O2/c1-2-9-17-13(6-1)16(7-10-20-11-8-16)15-18-14(21-19-15)12-4-3-5-12/h1-2,6,9,12H,3-5,7-8,10-11H2. The van der Waals surface area contributed by atoms with Crippen LogP contribution in [-0.4, -0.2) is 28.3 Å². The summed E-state index contributed by atoms with van der Waals surface area (Å²) < 4.78 is 11.1. The Bertz CT molecular complexity index is 601.